The molecule has 1 aromatic carbocycles. The fourth-order valence-electron chi connectivity index (χ4n) is 2.45. The number of esters is 1. The smallest absolute Gasteiger partial charge is 0.310 e. The van der Waals surface area contributed by atoms with E-state index in [9.17, 15) is 9.59 Å². The van der Waals surface area contributed by atoms with E-state index in [0.29, 0.717) is 18.8 Å². The van der Waals surface area contributed by atoms with Crippen LogP contribution in [0.5, 0.6) is 0 Å². The molecule has 0 aliphatic rings. The summed E-state index contributed by atoms with van der Waals surface area (Å²) in [5, 5.41) is 0. The van der Waals surface area contributed by atoms with Gasteiger partial charge < -0.3 is 14.1 Å². The van der Waals surface area contributed by atoms with Crippen LogP contribution in [0, 0.1) is 5.92 Å². The number of hydrogen-bond donors (Lipinski definition) is 0. The minimum absolute atomic E-state index is 0.164. The van der Waals surface area contributed by atoms with Gasteiger partial charge in [-0.05, 0) is 30.2 Å². The van der Waals surface area contributed by atoms with Gasteiger partial charge in [0.05, 0.1) is 19.3 Å². The molecule has 1 atom stereocenters. The summed E-state index contributed by atoms with van der Waals surface area (Å²) in [7, 11) is 1.35. The molecule has 0 saturated carbocycles. The van der Waals surface area contributed by atoms with E-state index in [4.69, 9.17) is 9.15 Å². The Kier molecular flexibility index (Phi) is 7.01. The predicted octanol–water partition coefficient (Wildman–Crippen LogP) is 3.17. The monoisotopic (exact) mass is 341 g/mol. The van der Waals surface area contributed by atoms with Crippen molar-refractivity contribution in [1.29, 1.82) is 0 Å². The Hall–Kier alpha value is -2.82. The Bertz CT molecular complexity index is 692. The van der Waals surface area contributed by atoms with Crippen LogP contribution in [0.1, 0.15) is 18.2 Å². The summed E-state index contributed by atoms with van der Waals surface area (Å²) in [6.07, 6.45) is 5.36. The lowest BCUT2D eigenvalue weighted by Crippen LogP contribution is -2.37. The van der Waals surface area contributed by atoms with Crippen molar-refractivity contribution in [2.45, 2.75) is 13.3 Å². The zero-order valence-electron chi connectivity index (χ0n) is 14.6. The Balaban J connectivity index is 2.04. The first-order valence-electron chi connectivity index (χ1n) is 8.22. The van der Waals surface area contributed by atoms with Crippen molar-refractivity contribution < 1.29 is 18.7 Å². The van der Waals surface area contributed by atoms with Crippen LogP contribution in [-0.2, 0) is 20.7 Å². The number of ether oxygens (including phenoxy) is 1. The van der Waals surface area contributed by atoms with Crippen LogP contribution >= 0.6 is 0 Å². The lowest BCUT2D eigenvalue weighted by atomic mass is 10.1. The van der Waals surface area contributed by atoms with Gasteiger partial charge in [0, 0.05) is 19.2 Å². The number of carbonyl (C=O) groups excluding carboxylic acids is 2. The lowest BCUT2D eigenvalue weighted by Gasteiger charge is -2.24. The minimum Gasteiger partial charge on any atom is -0.469 e. The summed E-state index contributed by atoms with van der Waals surface area (Å²) in [4.78, 5) is 25.9. The topological polar surface area (TPSA) is 59.8 Å². The average Bonchev–Trinajstić information content (AvgIpc) is 3.16. The van der Waals surface area contributed by atoms with Crippen molar-refractivity contribution in [1.82, 2.24) is 4.90 Å². The molecule has 0 aliphatic heterocycles. The molecule has 0 spiro atoms. The fourth-order valence-corrected chi connectivity index (χ4v) is 2.45. The van der Waals surface area contributed by atoms with Crippen LogP contribution in [0.3, 0.4) is 0 Å². The van der Waals surface area contributed by atoms with Crippen molar-refractivity contribution in [2.75, 3.05) is 20.2 Å². The molecule has 2 aromatic rings. The van der Waals surface area contributed by atoms with Crippen molar-refractivity contribution >= 4 is 18.0 Å². The van der Waals surface area contributed by atoms with E-state index < -0.39 is 0 Å². The number of amides is 1. The summed E-state index contributed by atoms with van der Waals surface area (Å²) < 4.78 is 9.96. The Morgan fingerprint density at radius 1 is 1.20 bits per heavy atom. The standard InChI is InChI=1S/C20H23NO4/c1-16(20(23)24-2)15-21(13-12-17-7-4-3-5-8-17)19(22)11-10-18-9-6-14-25-18/h3-11,14,16H,12-13,15H2,1-2H3/b11-10+. The molecular formula is C20H23NO4. The number of nitrogens with zero attached hydrogens (tertiary/aromatic N) is 1. The van der Waals surface area contributed by atoms with Crippen LogP contribution in [0.2, 0.25) is 0 Å². The van der Waals surface area contributed by atoms with Gasteiger partial charge in [0.1, 0.15) is 5.76 Å². The van der Waals surface area contributed by atoms with E-state index >= 15 is 0 Å². The summed E-state index contributed by atoms with van der Waals surface area (Å²) in [6.45, 7) is 2.58. The molecule has 1 unspecified atom stereocenters. The van der Waals surface area contributed by atoms with E-state index in [1.54, 1.807) is 36.3 Å². The Morgan fingerprint density at radius 2 is 1.96 bits per heavy atom. The van der Waals surface area contributed by atoms with E-state index in [-0.39, 0.29) is 17.8 Å². The number of carbonyl (C=O) groups is 2. The van der Waals surface area contributed by atoms with Crippen molar-refractivity contribution in [3.63, 3.8) is 0 Å². The SMILES string of the molecule is COC(=O)C(C)CN(CCc1ccccc1)C(=O)/C=C/c1ccco1. The fraction of sp³-hybridized carbons (Fsp3) is 0.300. The van der Waals surface area contributed by atoms with Crippen LogP contribution in [0.25, 0.3) is 6.08 Å². The third kappa shape index (κ3) is 5.95. The van der Waals surface area contributed by atoms with Gasteiger partial charge >= 0.3 is 5.97 Å². The maximum atomic E-state index is 12.6. The largest absolute Gasteiger partial charge is 0.469 e. The van der Waals surface area contributed by atoms with Crippen LogP contribution in [0.15, 0.2) is 59.2 Å². The first kappa shape index (κ1) is 18.5. The van der Waals surface area contributed by atoms with Gasteiger partial charge in [-0.2, -0.15) is 0 Å². The van der Waals surface area contributed by atoms with Crippen LogP contribution in [0.4, 0.5) is 0 Å². The molecule has 1 aromatic heterocycles. The maximum Gasteiger partial charge on any atom is 0.310 e. The third-order valence-electron chi connectivity index (χ3n) is 3.86. The van der Waals surface area contributed by atoms with E-state index in [1.165, 1.54) is 13.2 Å². The summed E-state index contributed by atoms with van der Waals surface area (Å²) in [5.41, 5.74) is 1.14. The van der Waals surface area contributed by atoms with Gasteiger partial charge in [-0.25, -0.2) is 0 Å². The van der Waals surface area contributed by atoms with Gasteiger partial charge in [0.2, 0.25) is 5.91 Å². The molecule has 1 amide bonds. The Labute approximate surface area is 147 Å². The summed E-state index contributed by atoms with van der Waals surface area (Å²) in [5.74, 6) is -0.269. The Morgan fingerprint density at radius 3 is 2.60 bits per heavy atom. The van der Waals surface area contributed by atoms with Crippen LogP contribution in [-0.4, -0.2) is 37.0 Å². The molecule has 132 valence electrons. The molecule has 0 aliphatic carbocycles. The number of methoxy groups -OCH3 is 1. The van der Waals surface area contributed by atoms with Crippen molar-refractivity contribution in [3.05, 3.63) is 66.1 Å². The summed E-state index contributed by atoms with van der Waals surface area (Å²) >= 11 is 0. The molecule has 0 N–H and O–H groups in total. The third-order valence-corrected chi connectivity index (χ3v) is 3.86. The zero-order valence-corrected chi connectivity index (χ0v) is 14.6. The van der Waals surface area contributed by atoms with E-state index in [2.05, 4.69) is 0 Å². The second kappa shape index (κ2) is 9.47. The molecule has 5 heteroatoms. The number of benzene rings is 1. The molecule has 0 fully saturated rings. The van der Waals surface area contributed by atoms with E-state index in [0.717, 1.165) is 12.0 Å². The van der Waals surface area contributed by atoms with Crippen LogP contribution < -0.4 is 0 Å². The van der Waals surface area contributed by atoms with Gasteiger partial charge in [-0.3, -0.25) is 9.59 Å². The molecule has 2 rings (SSSR count). The van der Waals surface area contributed by atoms with Gasteiger partial charge in [-0.1, -0.05) is 37.3 Å². The van der Waals surface area contributed by atoms with E-state index in [1.807, 2.05) is 30.3 Å². The number of rotatable bonds is 8. The molecule has 1 heterocycles. The summed E-state index contributed by atoms with van der Waals surface area (Å²) in [6, 6.07) is 13.5. The lowest BCUT2D eigenvalue weighted by molar-refractivity contribution is -0.146. The maximum absolute atomic E-state index is 12.6. The van der Waals surface area contributed by atoms with Gasteiger partial charge in [-0.15, -0.1) is 0 Å². The number of furan rings is 1. The van der Waals surface area contributed by atoms with Crippen molar-refractivity contribution in [3.8, 4) is 0 Å². The normalized spacial score (nSPS) is 12.1. The van der Waals surface area contributed by atoms with Gasteiger partial charge in [0.15, 0.2) is 0 Å². The molecule has 0 saturated heterocycles. The molecule has 5 nitrogen and oxygen atoms in total. The first-order valence-corrected chi connectivity index (χ1v) is 8.22. The highest BCUT2D eigenvalue weighted by Crippen LogP contribution is 2.09. The van der Waals surface area contributed by atoms with Gasteiger partial charge in [0.25, 0.3) is 0 Å². The number of hydrogen-bond acceptors (Lipinski definition) is 4. The molecule has 0 bridgehead atoms. The molecular weight excluding hydrogens is 318 g/mol. The average molecular weight is 341 g/mol. The minimum atomic E-state index is -0.387. The second-order valence-corrected chi connectivity index (χ2v) is 5.79. The predicted molar refractivity (Wildman–Crippen MR) is 95.6 cm³/mol. The highest BCUT2D eigenvalue weighted by Gasteiger charge is 2.20. The molecule has 0 radical (unpaired) electrons. The first-order chi connectivity index (χ1) is 12.1. The zero-order chi connectivity index (χ0) is 18.1. The highest BCUT2D eigenvalue weighted by molar-refractivity contribution is 5.91. The quantitative estimate of drug-likeness (QED) is 0.546. The second-order valence-electron chi connectivity index (χ2n) is 5.79. The highest BCUT2D eigenvalue weighted by atomic mass is 16.5. The molecule has 25 heavy (non-hydrogen) atoms. The van der Waals surface area contributed by atoms with Crippen molar-refractivity contribution in [2.24, 2.45) is 5.92 Å².